The molecule has 0 aromatic heterocycles. The van der Waals surface area contributed by atoms with Crippen molar-refractivity contribution >= 4 is 5.91 Å². The number of nitrogens with one attached hydrogen (secondary N) is 1. The summed E-state index contributed by atoms with van der Waals surface area (Å²) in [4.78, 5) is 16.7. The van der Waals surface area contributed by atoms with E-state index in [1.165, 1.54) is 21.6 Å². The van der Waals surface area contributed by atoms with Crippen LogP contribution in [0.1, 0.15) is 42.0 Å². The van der Waals surface area contributed by atoms with Gasteiger partial charge >= 0.3 is 0 Å². The maximum Gasteiger partial charge on any atom is 0.278 e. The average Bonchev–Trinajstić information content (AvgIpc) is 3.12. The first-order valence-electron chi connectivity index (χ1n) is 10.9. The summed E-state index contributed by atoms with van der Waals surface area (Å²) in [6.45, 7) is 4.79. The fraction of sp³-hybridized carbons (Fsp3) is 0.458. The predicted molar refractivity (Wildman–Crippen MR) is 110 cm³/mol. The van der Waals surface area contributed by atoms with E-state index in [0.29, 0.717) is 19.8 Å². The maximum atomic E-state index is 13.2. The van der Waals surface area contributed by atoms with Crippen molar-refractivity contribution in [1.82, 2.24) is 4.90 Å². The van der Waals surface area contributed by atoms with E-state index in [1.54, 1.807) is 0 Å². The van der Waals surface area contributed by atoms with Gasteiger partial charge in [0.05, 0.1) is 25.8 Å². The Morgan fingerprint density at radius 3 is 2.76 bits per heavy atom. The zero-order valence-electron chi connectivity index (χ0n) is 16.9. The Morgan fingerprint density at radius 2 is 1.86 bits per heavy atom. The number of rotatable bonds is 3. The van der Waals surface area contributed by atoms with Crippen molar-refractivity contribution in [2.75, 3.05) is 32.8 Å². The number of fused-ring (bicyclic) bond motifs is 2. The fourth-order valence-corrected chi connectivity index (χ4v) is 4.91. The molecule has 1 unspecified atom stereocenters. The third kappa shape index (κ3) is 3.84. The number of benzene rings is 2. The van der Waals surface area contributed by atoms with Crippen molar-refractivity contribution in [2.45, 2.75) is 38.3 Å². The molecule has 3 heterocycles. The Labute approximate surface area is 172 Å². The van der Waals surface area contributed by atoms with E-state index < -0.39 is 0 Å². The Kier molecular flexibility index (Phi) is 5.15. The van der Waals surface area contributed by atoms with Crippen LogP contribution in [-0.4, -0.2) is 43.7 Å². The SMILES string of the molecule is O=C(C[NH+]1CCc2ccccc2C1)N1CCC[C@@H]1c1ccc2c(c1)OCCCO2. The van der Waals surface area contributed by atoms with Crippen LogP contribution in [0, 0.1) is 0 Å². The van der Waals surface area contributed by atoms with E-state index >= 15 is 0 Å². The molecule has 3 aliphatic heterocycles. The summed E-state index contributed by atoms with van der Waals surface area (Å²) >= 11 is 0. The lowest BCUT2D eigenvalue weighted by Crippen LogP contribution is -3.12. The van der Waals surface area contributed by atoms with E-state index in [2.05, 4.69) is 41.3 Å². The van der Waals surface area contributed by atoms with Gasteiger partial charge in [-0.25, -0.2) is 0 Å². The molecule has 152 valence electrons. The van der Waals surface area contributed by atoms with Gasteiger partial charge in [0.15, 0.2) is 18.0 Å². The van der Waals surface area contributed by atoms with Crippen LogP contribution in [0.25, 0.3) is 0 Å². The first-order chi connectivity index (χ1) is 14.3. The topological polar surface area (TPSA) is 43.2 Å². The highest BCUT2D eigenvalue weighted by atomic mass is 16.5. The van der Waals surface area contributed by atoms with Crippen LogP contribution in [0.2, 0.25) is 0 Å². The Morgan fingerprint density at radius 1 is 1.03 bits per heavy atom. The lowest BCUT2D eigenvalue weighted by atomic mass is 10.00. The Balaban J connectivity index is 1.28. The molecular formula is C24H29N2O3+. The molecule has 1 fully saturated rings. The van der Waals surface area contributed by atoms with Gasteiger partial charge in [-0.3, -0.25) is 4.79 Å². The molecule has 0 radical (unpaired) electrons. The molecule has 0 spiro atoms. The molecule has 2 atom stereocenters. The highest BCUT2D eigenvalue weighted by molar-refractivity contribution is 5.78. The van der Waals surface area contributed by atoms with Gasteiger partial charge in [0.2, 0.25) is 0 Å². The van der Waals surface area contributed by atoms with E-state index in [1.807, 2.05) is 6.07 Å². The van der Waals surface area contributed by atoms with Crippen molar-refractivity contribution in [3.63, 3.8) is 0 Å². The third-order valence-electron chi connectivity index (χ3n) is 6.44. The number of carbonyl (C=O) groups is 1. The summed E-state index contributed by atoms with van der Waals surface area (Å²) in [5.74, 6) is 1.91. The first-order valence-corrected chi connectivity index (χ1v) is 10.9. The van der Waals surface area contributed by atoms with Crippen LogP contribution in [0.5, 0.6) is 11.5 Å². The van der Waals surface area contributed by atoms with Crippen LogP contribution >= 0.6 is 0 Å². The molecule has 1 saturated heterocycles. The minimum absolute atomic E-state index is 0.149. The molecule has 2 aromatic rings. The molecule has 2 aromatic carbocycles. The number of amides is 1. The number of likely N-dealkylation sites (tertiary alicyclic amines) is 1. The summed E-state index contributed by atoms with van der Waals surface area (Å²) in [5, 5.41) is 0. The molecule has 0 saturated carbocycles. The van der Waals surface area contributed by atoms with Gasteiger partial charge in [0, 0.05) is 24.9 Å². The van der Waals surface area contributed by atoms with Crippen molar-refractivity contribution in [2.24, 2.45) is 0 Å². The zero-order valence-corrected chi connectivity index (χ0v) is 16.9. The molecule has 1 N–H and O–H groups in total. The number of ether oxygens (including phenoxy) is 2. The van der Waals surface area contributed by atoms with E-state index in [9.17, 15) is 4.79 Å². The van der Waals surface area contributed by atoms with Gasteiger partial charge in [-0.1, -0.05) is 30.3 Å². The van der Waals surface area contributed by atoms with Crippen LogP contribution < -0.4 is 14.4 Å². The Bertz CT molecular complexity index is 897. The summed E-state index contributed by atoms with van der Waals surface area (Å²) in [5.41, 5.74) is 4.00. The van der Waals surface area contributed by atoms with Gasteiger partial charge in [-0.05, 0) is 36.1 Å². The van der Waals surface area contributed by atoms with Gasteiger partial charge in [0.1, 0.15) is 6.54 Å². The zero-order chi connectivity index (χ0) is 19.6. The van der Waals surface area contributed by atoms with Gasteiger partial charge in [-0.15, -0.1) is 0 Å². The standard InChI is InChI=1S/C24H28N2O3/c27-24(17-25-12-10-18-5-1-2-6-20(18)16-25)26-11-3-7-21(26)19-8-9-22-23(15-19)29-14-4-13-28-22/h1-2,5-6,8-9,15,21H,3-4,7,10-14,16-17H2/p+1/t21-/m1/s1. The normalized spacial score (nSPS) is 23.4. The molecule has 0 bridgehead atoms. The molecule has 29 heavy (non-hydrogen) atoms. The summed E-state index contributed by atoms with van der Waals surface area (Å²) < 4.78 is 11.6. The molecule has 5 nitrogen and oxygen atoms in total. The number of hydrogen-bond donors (Lipinski definition) is 1. The number of nitrogens with zero attached hydrogens (tertiary/aromatic N) is 1. The van der Waals surface area contributed by atoms with Crippen molar-refractivity contribution in [3.8, 4) is 11.5 Å². The average molecular weight is 394 g/mol. The van der Waals surface area contributed by atoms with Gasteiger partial charge in [-0.2, -0.15) is 0 Å². The van der Waals surface area contributed by atoms with E-state index in [4.69, 9.17) is 9.47 Å². The molecule has 3 aliphatic rings. The molecule has 5 heteroatoms. The summed E-state index contributed by atoms with van der Waals surface area (Å²) in [6.07, 6.45) is 4.04. The second-order valence-electron chi connectivity index (χ2n) is 8.37. The largest absolute Gasteiger partial charge is 0.490 e. The molecule has 0 aliphatic carbocycles. The third-order valence-corrected chi connectivity index (χ3v) is 6.44. The van der Waals surface area contributed by atoms with Crippen molar-refractivity contribution in [1.29, 1.82) is 0 Å². The quantitative estimate of drug-likeness (QED) is 0.869. The fourth-order valence-electron chi connectivity index (χ4n) is 4.91. The number of hydrogen-bond acceptors (Lipinski definition) is 3. The van der Waals surface area contributed by atoms with Gasteiger partial charge < -0.3 is 19.3 Å². The first kappa shape index (κ1) is 18.5. The minimum Gasteiger partial charge on any atom is -0.490 e. The highest BCUT2D eigenvalue weighted by Gasteiger charge is 2.33. The molecular weight excluding hydrogens is 364 g/mol. The van der Waals surface area contributed by atoms with Crippen LogP contribution in [0.15, 0.2) is 42.5 Å². The second-order valence-corrected chi connectivity index (χ2v) is 8.37. The summed E-state index contributed by atoms with van der Waals surface area (Å²) in [6, 6.07) is 15.0. The van der Waals surface area contributed by atoms with Crippen LogP contribution in [0.3, 0.4) is 0 Å². The lowest BCUT2D eigenvalue weighted by molar-refractivity contribution is -0.908. The minimum atomic E-state index is 0.149. The van der Waals surface area contributed by atoms with Crippen LogP contribution in [0.4, 0.5) is 0 Å². The van der Waals surface area contributed by atoms with Crippen molar-refractivity contribution < 1.29 is 19.2 Å². The second kappa shape index (κ2) is 8.07. The van der Waals surface area contributed by atoms with E-state index in [0.717, 1.165) is 56.8 Å². The summed E-state index contributed by atoms with van der Waals surface area (Å²) in [7, 11) is 0. The van der Waals surface area contributed by atoms with Crippen LogP contribution in [-0.2, 0) is 17.8 Å². The van der Waals surface area contributed by atoms with E-state index in [-0.39, 0.29) is 11.9 Å². The number of quaternary nitrogens is 1. The number of carbonyl (C=O) groups excluding carboxylic acids is 1. The monoisotopic (exact) mass is 393 g/mol. The smallest absolute Gasteiger partial charge is 0.278 e. The highest BCUT2D eigenvalue weighted by Crippen LogP contribution is 2.37. The molecule has 1 amide bonds. The van der Waals surface area contributed by atoms with Gasteiger partial charge in [0.25, 0.3) is 5.91 Å². The maximum absolute atomic E-state index is 13.2. The van der Waals surface area contributed by atoms with Crippen molar-refractivity contribution in [3.05, 3.63) is 59.2 Å². The Hall–Kier alpha value is -2.53. The molecule has 5 rings (SSSR count). The lowest BCUT2D eigenvalue weighted by Gasteiger charge is -2.30. The predicted octanol–water partition coefficient (Wildman–Crippen LogP) is 2.15.